The summed E-state index contributed by atoms with van der Waals surface area (Å²) < 4.78 is 0. The Morgan fingerprint density at radius 2 is 2.00 bits per heavy atom. The molecule has 4 rings (SSSR count). The Morgan fingerprint density at radius 3 is 2.73 bits per heavy atom. The zero-order chi connectivity index (χ0) is 15.2. The second kappa shape index (κ2) is 4.87. The van der Waals surface area contributed by atoms with E-state index in [1.165, 1.54) is 0 Å². The van der Waals surface area contributed by atoms with Gasteiger partial charge in [0.25, 0.3) is 5.91 Å². The maximum absolute atomic E-state index is 12.7. The molecule has 5 nitrogen and oxygen atoms in total. The molecule has 1 aromatic heterocycles. The van der Waals surface area contributed by atoms with Crippen molar-refractivity contribution in [3.8, 4) is 0 Å². The topological polar surface area (TPSA) is 65.2 Å². The lowest BCUT2D eigenvalue weighted by molar-refractivity contribution is -0.119. The number of nitrogens with zero attached hydrogens (tertiary/aromatic N) is 1. The molecule has 1 aromatic carbocycles. The van der Waals surface area contributed by atoms with Crippen LogP contribution in [0.15, 0.2) is 30.5 Å². The van der Waals surface area contributed by atoms with Gasteiger partial charge in [0.15, 0.2) is 0 Å². The summed E-state index contributed by atoms with van der Waals surface area (Å²) in [5.41, 5.74) is 1.87. The number of amides is 2. The smallest absolute Gasteiger partial charge is 0.253 e. The van der Waals surface area contributed by atoms with Gasteiger partial charge in [0.2, 0.25) is 5.91 Å². The second-order valence-corrected chi connectivity index (χ2v) is 6.53. The lowest BCUT2D eigenvalue weighted by Gasteiger charge is -2.38. The summed E-state index contributed by atoms with van der Waals surface area (Å²) in [6, 6.07) is 7.76. The molecule has 0 atom stereocenters. The van der Waals surface area contributed by atoms with E-state index in [1.807, 2.05) is 35.4 Å². The highest BCUT2D eigenvalue weighted by Crippen LogP contribution is 2.37. The Kier molecular flexibility index (Phi) is 2.96. The number of piperidine rings is 1. The van der Waals surface area contributed by atoms with E-state index in [9.17, 15) is 9.59 Å². The molecule has 2 N–H and O–H groups in total. The van der Waals surface area contributed by atoms with Crippen LogP contribution < -0.4 is 5.32 Å². The van der Waals surface area contributed by atoms with Crippen molar-refractivity contribution in [1.82, 2.24) is 15.2 Å². The Hall–Kier alpha value is -2.30. The molecule has 2 fully saturated rings. The number of hydrogen-bond acceptors (Lipinski definition) is 2. The van der Waals surface area contributed by atoms with Gasteiger partial charge in [-0.05, 0) is 42.5 Å². The zero-order valence-electron chi connectivity index (χ0n) is 12.4. The van der Waals surface area contributed by atoms with Crippen LogP contribution in [-0.4, -0.2) is 41.3 Å². The van der Waals surface area contributed by atoms with Crippen LogP contribution in [-0.2, 0) is 4.79 Å². The molecule has 1 spiro atoms. The Bertz CT molecular complexity index is 741. The number of H-pyrrole nitrogens is 1. The molecule has 0 unspecified atom stereocenters. The van der Waals surface area contributed by atoms with Crippen molar-refractivity contribution >= 4 is 22.7 Å². The zero-order valence-corrected chi connectivity index (χ0v) is 12.4. The number of aromatic amines is 1. The Labute approximate surface area is 128 Å². The summed E-state index contributed by atoms with van der Waals surface area (Å²) in [4.78, 5) is 29.2. The summed E-state index contributed by atoms with van der Waals surface area (Å²) in [7, 11) is 0. The highest BCUT2D eigenvalue weighted by Gasteiger charge is 2.41. The van der Waals surface area contributed by atoms with Crippen LogP contribution in [0.3, 0.4) is 0 Å². The van der Waals surface area contributed by atoms with Gasteiger partial charge >= 0.3 is 0 Å². The third kappa shape index (κ3) is 2.17. The van der Waals surface area contributed by atoms with Crippen LogP contribution in [0, 0.1) is 5.41 Å². The van der Waals surface area contributed by atoms with Crippen LogP contribution in [0.1, 0.15) is 29.6 Å². The molecule has 3 heterocycles. The van der Waals surface area contributed by atoms with Gasteiger partial charge in [-0.2, -0.15) is 0 Å². The summed E-state index contributed by atoms with van der Waals surface area (Å²) in [6.07, 6.45) is 4.31. The minimum atomic E-state index is 0.0818. The summed E-state index contributed by atoms with van der Waals surface area (Å²) >= 11 is 0. The number of carbonyl (C=O) groups is 2. The maximum Gasteiger partial charge on any atom is 0.253 e. The molecule has 2 aromatic rings. The summed E-state index contributed by atoms with van der Waals surface area (Å²) in [5, 5.41) is 3.99. The van der Waals surface area contributed by atoms with Crippen LogP contribution in [0.5, 0.6) is 0 Å². The van der Waals surface area contributed by atoms with E-state index < -0.39 is 0 Å². The SMILES string of the molecule is O=C1CC2(CCN(C(=O)c3ccc4[nH]ccc4c3)CC2)CN1. The van der Waals surface area contributed by atoms with E-state index in [-0.39, 0.29) is 17.2 Å². The molecule has 0 aliphatic carbocycles. The molecule has 2 aliphatic rings. The molecule has 22 heavy (non-hydrogen) atoms. The van der Waals surface area contributed by atoms with E-state index in [2.05, 4.69) is 10.3 Å². The van der Waals surface area contributed by atoms with Crippen LogP contribution in [0.25, 0.3) is 10.9 Å². The van der Waals surface area contributed by atoms with Crippen molar-refractivity contribution in [2.75, 3.05) is 19.6 Å². The maximum atomic E-state index is 12.7. The van der Waals surface area contributed by atoms with Crippen molar-refractivity contribution < 1.29 is 9.59 Å². The molecule has 114 valence electrons. The largest absolute Gasteiger partial charge is 0.361 e. The standard InChI is InChI=1S/C17H19N3O2/c21-15-10-17(11-19-15)4-7-20(8-5-17)16(22)13-1-2-14-12(9-13)3-6-18-14/h1-3,6,9,18H,4-5,7-8,10-11H2,(H,19,21). The van der Waals surface area contributed by atoms with Gasteiger partial charge in [-0.15, -0.1) is 0 Å². The molecule has 2 saturated heterocycles. The fraction of sp³-hybridized carbons (Fsp3) is 0.412. The first kappa shape index (κ1) is 13.4. The molecular formula is C17H19N3O2. The van der Waals surface area contributed by atoms with Crippen molar-refractivity contribution in [2.45, 2.75) is 19.3 Å². The van der Waals surface area contributed by atoms with Gasteiger partial charge in [-0.25, -0.2) is 0 Å². The molecule has 5 heteroatoms. The third-order valence-corrected chi connectivity index (χ3v) is 5.11. The van der Waals surface area contributed by atoms with E-state index in [4.69, 9.17) is 0 Å². The minimum absolute atomic E-state index is 0.0818. The number of benzene rings is 1. The first-order valence-electron chi connectivity index (χ1n) is 7.78. The predicted octanol–water partition coefficient (Wildman–Crippen LogP) is 1.91. The normalized spacial score (nSPS) is 20.5. The lowest BCUT2D eigenvalue weighted by atomic mass is 9.77. The number of carbonyl (C=O) groups excluding carboxylic acids is 2. The monoisotopic (exact) mass is 297 g/mol. The number of likely N-dealkylation sites (tertiary alicyclic amines) is 1. The van der Waals surface area contributed by atoms with Gasteiger partial charge in [0, 0.05) is 48.7 Å². The van der Waals surface area contributed by atoms with Crippen molar-refractivity contribution in [3.05, 3.63) is 36.0 Å². The first-order valence-corrected chi connectivity index (χ1v) is 7.78. The van der Waals surface area contributed by atoms with Crippen molar-refractivity contribution in [1.29, 1.82) is 0 Å². The van der Waals surface area contributed by atoms with E-state index in [0.29, 0.717) is 6.42 Å². The Morgan fingerprint density at radius 1 is 1.18 bits per heavy atom. The van der Waals surface area contributed by atoms with Gasteiger partial charge in [0.05, 0.1) is 0 Å². The molecule has 2 amide bonds. The van der Waals surface area contributed by atoms with Crippen LogP contribution in [0.4, 0.5) is 0 Å². The second-order valence-electron chi connectivity index (χ2n) is 6.53. The first-order chi connectivity index (χ1) is 10.7. The number of nitrogens with one attached hydrogen (secondary N) is 2. The third-order valence-electron chi connectivity index (χ3n) is 5.11. The number of rotatable bonds is 1. The molecule has 0 saturated carbocycles. The minimum Gasteiger partial charge on any atom is -0.361 e. The number of aromatic nitrogens is 1. The summed E-state index contributed by atoms with van der Waals surface area (Å²) in [6.45, 7) is 2.24. The highest BCUT2D eigenvalue weighted by atomic mass is 16.2. The molecule has 0 radical (unpaired) electrons. The molecular weight excluding hydrogens is 278 g/mol. The average molecular weight is 297 g/mol. The lowest BCUT2D eigenvalue weighted by Crippen LogP contribution is -2.44. The highest BCUT2D eigenvalue weighted by molar-refractivity contribution is 5.98. The Balaban J connectivity index is 1.48. The van der Waals surface area contributed by atoms with Gasteiger partial charge in [-0.3, -0.25) is 9.59 Å². The van der Waals surface area contributed by atoms with Crippen molar-refractivity contribution in [3.63, 3.8) is 0 Å². The van der Waals surface area contributed by atoms with Crippen LogP contribution in [0.2, 0.25) is 0 Å². The summed E-state index contributed by atoms with van der Waals surface area (Å²) in [5.74, 6) is 0.243. The molecule has 2 aliphatic heterocycles. The molecule has 0 bridgehead atoms. The average Bonchev–Trinajstić information content (AvgIpc) is 3.14. The van der Waals surface area contributed by atoms with Crippen molar-refractivity contribution in [2.24, 2.45) is 5.41 Å². The van der Waals surface area contributed by atoms with Gasteiger partial charge in [-0.1, -0.05) is 0 Å². The number of hydrogen-bond donors (Lipinski definition) is 2. The van der Waals surface area contributed by atoms with Gasteiger partial charge < -0.3 is 15.2 Å². The van der Waals surface area contributed by atoms with Gasteiger partial charge in [0.1, 0.15) is 0 Å². The quantitative estimate of drug-likeness (QED) is 0.844. The number of fused-ring (bicyclic) bond motifs is 1. The van der Waals surface area contributed by atoms with E-state index >= 15 is 0 Å². The fourth-order valence-electron chi connectivity index (χ4n) is 3.66. The fourth-order valence-corrected chi connectivity index (χ4v) is 3.66. The predicted molar refractivity (Wildman–Crippen MR) is 83.5 cm³/mol. The van der Waals surface area contributed by atoms with Crippen LogP contribution >= 0.6 is 0 Å². The van der Waals surface area contributed by atoms with E-state index in [1.54, 1.807) is 0 Å². The van der Waals surface area contributed by atoms with E-state index in [0.717, 1.165) is 48.9 Å².